The van der Waals surface area contributed by atoms with E-state index in [0.29, 0.717) is 18.5 Å². The van der Waals surface area contributed by atoms with Crippen LogP contribution in [0.1, 0.15) is 38.7 Å². The van der Waals surface area contributed by atoms with Gasteiger partial charge in [0.2, 0.25) is 5.91 Å². The van der Waals surface area contributed by atoms with Crippen LogP contribution in [-0.4, -0.2) is 80.7 Å². The second-order valence-electron chi connectivity index (χ2n) is 10.6. The Morgan fingerprint density at radius 1 is 1.11 bits per heavy atom. The second-order valence-corrected chi connectivity index (χ2v) is 10.6. The molecule has 0 bridgehead atoms. The lowest BCUT2D eigenvalue weighted by Gasteiger charge is -2.36. The predicted octanol–water partition coefficient (Wildman–Crippen LogP) is 2.76. The summed E-state index contributed by atoms with van der Waals surface area (Å²) >= 11 is 0. The van der Waals surface area contributed by atoms with Crippen LogP contribution >= 0.6 is 0 Å². The molecule has 3 aromatic heterocycles. The van der Waals surface area contributed by atoms with E-state index >= 15 is 0 Å². The fraction of sp³-hybridized carbons (Fsp3) is 0.519. The van der Waals surface area contributed by atoms with Gasteiger partial charge in [-0.25, -0.2) is 4.52 Å². The summed E-state index contributed by atoms with van der Waals surface area (Å²) in [4.78, 5) is 23.8. The molecule has 2 saturated heterocycles. The predicted molar refractivity (Wildman–Crippen MR) is 135 cm³/mol. The van der Waals surface area contributed by atoms with Gasteiger partial charge in [-0.05, 0) is 51.3 Å². The van der Waals surface area contributed by atoms with Gasteiger partial charge in [-0.1, -0.05) is 6.07 Å². The van der Waals surface area contributed by atoms with E-state index in [1.54, 1.807) is 0 Å². The molecule has 0 aromatic carbocycles. The minimum absolute atomic E-state index is 0.282. The number of rotatable bonds is 5. The zero-order chi connectivity index (χ0) is 24.2. The lowest BCUT2D eigenvalue weighted by Crippen LogP contribution is -2.49. The van der Waals surface area contributed by atoms with Crippen molar-refractivity contribution in [2.45, 2.75) is 44.8 Å². The highest BCUT2D eigenvalue weighted by Crippen LogP contribution is 2.35. The molecule has 35 heavy (non-hydrogen) atoms. The lowest BCUT2D eigenvalue weighted by atomic mass is 9.94. The van der Waals surface area contributed by atoms with Crippen molar-refractivity contribution in [3.63, 3.8) is 0 Å². The molecular weight excluding hydrogens is 440 g/mol. The van der Waals surface area contributed by atoms with Crippen LogP contribution in [0, 0.1) is 5.92 Å². The number of anilines is 1. The van der Waals surface area contributed by atoms with Gasteiger partial charge in [0.05, 0.1) is 16.9 Å². The molecule has 6 rings (SSSR count). The Balaban J connectivity index is 1.20. The highest BCUT2D eigenvalue weighted by molar-refractivity contribution is 5.82. The number of amides is 1. The highest BCUT2D eigenvalue weighted by Gasteiger charge is 2.39. The van der Waals surface area contributed by atoms with Gasteiger partial charge in [0, 0.05) is 80.9 Å². The van der Waals surface area contributed by atoms with Crippen molar-refractivity contribution in [3.05, 3.63) is 48.4 Å². The molecule has 1 saturated carbocycles. The summed E-state index contributed by atoms with van der Waals surface area (Å²) in [5, 5.41) is 15.7. The first-order valence-corrected chi connectivity index (χ1v) is 12.9. The molecule has 1 atom stereocenters. The van der Waals surface area contributed by atoms with Crippen molar-refractivity contribution in [1.82, 2.24) is 24.4 Å². The van der Waals surface area contributed by atoms with E-state index in [1.165, 1.54) is 0 Å². The Labute approximate surface area is 206 Å². The molecule has 0 radical (unpaired) electrons. The summed E-state index contributed by atoms with van der Waals surface area (Å²) in [6.45, 7) is 9.10. The maximum absolute atomic E-state index is 12.4. The number of carbonyl (C=O) groups is 1. The molecule has 1 N–H and O–H groups in total. The fourth-order valence-corrected chi connectivity index (χ4v) is 5.50. The van der Waals surface area contributed by atoms with Crippen LogP contribution in [0.15, 0.2) is 42.9 Å². The summed E-state index contributed by atoms with van der Waals surface area (Å²) < 4.78 is 1.91. The molecule has 5 heterocycles. The Hall–Kier alpha value is -2.97. The number of likely N-dealkylation sites (tertiary alicyclic amines) is 1. The molecule has 8 nitrogen and oxygen atoms in total. The Bertz CT molecular complexity index is 1230. The molecule has 2 aliphatic heterocycles. The van der Waals surface area contributed by atoms with E-state index in [2.05, 4.69) is 40.9 Å². The Morgan fingerprint density at radius 3 is 2.57 bits per heavy atom. The summed E-state index contributed by atoms with van der Waals surface area (Å²) in [5.41, 5.74) is 4.09. The van der Waals surface area contributed by atoms with Crippen molar-refractivity contribution >= 4 is 17.1 Å². The van der Waals surface area contributed by atoms with Crippen molar-refractivity contribution < 1.29 is 9.90 Å². The average molecular weight is 475 g/mol. The molecule has 1 aliphatic carbocycles. The molecule has 0 unspecified atom stereocenters. The number of fused-ring (bicyclic) bond motifs is 1. The first-order valence-electron chi connectivity index (χ1n) is 12.9. The molecule has 184 valence electrons. The van der Waals surface area contributed by atoms with Crippen LogP contribution in [0.3, 0.4) is 0 Å². The Kier molecular flexibility index (Phi) is 5.53. The van der Waals surface area contributed by atoms with Crippen LogP contribution in [0.4, 0.5) is 5.69 Å². The monoisotopic (exact) mass is 474 g/mol. The molecule has 0 spiro atoms. The minimum atomic E-state index is -0.834. The number of aromatic nitrogens is 3. The Morgan fingerprint density at radius 2 is 1.91 bits per heavy atom. The molecular formula is C27H34N6O2. The fourth-order valence-electron chi connectivity index (χ4n) is 5.50. The van der Waals surface area contributed by atoms with Gasteiger partial charge in [0.1, 0.15) is 5.60 Å². The van der Waals surface area contributed by atoms with Gasteiger partial charge in [-0.3, -0.25) is 14.7 Å². The average Bonchev–Trinajstić information content (AvgIpc) is 3.50. The first-order chi connectivity index (χ1) is 16.9. The number of hydrogen-bond donors (Lipinski definition) is 1. The maximum Gasteiger partial charge on any atom is 0.225 e. The van der Waals surface area contributed by atoms with Crippen molar-refractivity contribution in [3.8, 4) is 11.3 Å². The number of nitrogens with zero attached hydrogens (tertiary/aromatic N) is 6. The van der Waals surface area contributed by atoms with Crippen LogP contribution in [0.25, 0.3) is 16.8 Å². The van der Waals surface area contributed by atoms with E-state index in [9.17, 15) is 9.90 Å². The van der Waals surface area contributed by atoms with Crippen molar-refractivity contribution in [2.24, 2.45) is 5.92 Å². The summed E-state index contributed by atoms with van der Waals surface area (Å²) in [7, 11) is 0. The van der Waals surface area contributed by atoms with Gasteiger partial charge < -0.3 is 14.9 Å². The molecule has 8 heteroatoms. The van der Waals surface area contributed by atoms with E-state index in [1.807, 2.05) is 40.1 Å². The van der Waals surface area contributed by atoms with Crippen molar-refractivity contribution in [1.29, 1.82) is 0 Å². The molecule has 3 aliphatic rings. The zero-order valence-corrected chi connectivity index (χ0v) is 20.6. The summed E-state index contributed by atoms with van der Waals surface area (Å²) in [5.74, 6) is 0.618. The number of aliphatic hydroxyl groups is 1. The van der Waals surface area contributed by atoms with Crippen LogP contribution in [0.2, 0.25) is 0 Å². The first kappa shape index (κ1) is 22.5. The molecule has 3 fully saturated rings. The van der Waals surface area contributed by atoms with Crippen molar-refractivity contribution in [2.75, 3.05) is 44.2 Å². The van der Waals surface area contributed by atoms with E-state index in [0.717, 1.165) is 80.0 Å². The third-order valence-corrected chi connectivity index (χ3v) is 7.95. The number of hydrogen-bond acceptors (Lipinski definition) is 6. The normalized spacial score (nSPS) is 23.5. The largest absolute Gasteiger partial charge is 0.384 e. The minimum Gasteiger partial charge on any atom is -0.384 e. The number of β-amino-alcohol motifs (C(OH)–C–C–N with tert-alkyl or cyclic N) is 1. The zero-order valence-electron chi connectivity index (χ0n) is 20.6. The smallest absolute Gasteiger partial charge is 0.225 e. The standard InChI is InChI=1S/C27H34N6O2/c1-19(2)32-10-8-27(35,18-32)22-5-6-23(28-16-22)21-15-25-24(7-9-29-33(25)17-21)30-11-13-31(14-12-30)26(34)20-3-4-20/h5-7,9,15-17,19-20,35H,3-4,8,10-14,18H2,1-2H3/t27-/m1/s1. The second kappa shape index (κ2) is 8.60. The number of carbonyl (C=O) groups excluding carboxylic acids is 1. The number of pyridine rings is 1. The van der Waals surface area contributed by atoms with E-state index in [4.69, 9.17) is 4.98 Å². The van der Waals surface area contributed by atoms with Crippen LogP contribution < -0.4 is 4.90 Å². The molecule has 1 amide bonds. The highest BCUT2D eigenvalue weighted by atomic mass is 16.3. The maximum atomic E-state index is 12.4. The van der Waals surface area contributed by atoms with Gasteiger partial charge >= 0.3 is 0 Å². The summed E-state index contributed by atoms with van der Waals surface area (Å²) in [6, 6.07) is 8.63. The van der Waals surface area contributed by atoms with Crippen LogP contribution in [0.5, 0.6) is 0 Å². The third kappa shape index (κ3) is 4.19. The topological polar surface area (TPSA) is 77.2 Å². The summed E-state index contributed by atoms with van der Waals surface area (Å²) in [6.07, 6.45) is 8.52. The van der Waals surface area contributed by atoms with E-state index in [-0.39, 0.29) is 5.92 Å². The molecule has 3 aromatic rings. The van der Waals surface area contributed by atoms with Gasteiger partial charge in [-0.15, -0.1) is 0 Å². The lowest BCUT2D eigenvalue weighted by molar-refractivity contribution is -0.132. The van der Waals surface area contributed by atoms with Crippen LogP contribution in [-0.2, 0) is 10.4 Å². The van der Waals surface area contributed by atoms with E-state index < -0.39 is 5.60 Å². The quantitative estimate of drug-likeness (QED) is 0.613. The van der Waals surface area contributed by atoms with Gasteiger partial charge in [0.15, 0.2) is 0 Å². The van der Waals surface area contributed by atoms with Gasteiger partial charge in [-0.2, -0.15) is 5.10 Å². The van der Waals surface area contributed by atoms with Gasteiger partial charge in [0.25, 0.3) is 0 Å². The third-order valence-electron chi connectivity index (χ3n) is 7.95. The SMILES string of the molecule is CC(C)N1CC[C@](O)(c2ccc(-c3cc4c(N5CCN(C(=O)C6CC6)CC5)ccnn4c3)nc2)C1. The number of piperazine rings is 1.